The summed E-state index contributed by atoms with van der Waals surface area (Å²) in [6, 6.07) is -0.605. The zero-order valence-corrected chi connectivity index (χ0v) is 12.0. The molecule has 1 heterocycles. The molecular weight excluding hydrogens is 258 g/mol. The van der Waals surface area contributed by atoms with Crippen molar-refractivity contribution in [1.82, 2.24) is 10.2 Å². The van der Waals surface area contributed by atoms with Crippen LogP contribution in [0.2, 0.25) is 0 Å². The lowest BCUT2D eigenvalue weighted by molar-refractivity contribution is -0.155. The number of amides is 3. The second-order valence-corrected chi connectivity index (χ2v) is 5.92. The molecule has 1 atom stereocenters. The number of rotatable bonds is 2. The molecule has 0 radical (unpaired) electrons. The van der Waals surface area contributed by atoms with Gasteiger partial charge in [-0.25, -0.2) is 0 Å². The molecule has 3 N–H and O–H groups in total. The molecule has 0 aromatic heterocycles. The van der Waals surface area contributed by atoms with Gasteiger partial charge in [-0.15, -0.1) is 0 Å². The molecule has 2 aliphatic rings. The van der Waals surface area contributed by atoms with E-state index < -0.39 is 23.3 Å². The van der Waals surface area contributed by atoms with E-state index in [2.05, 4.69) is 5.32 Å². The molecule has 1 saturated heterocycles. The Hall–Kier alpha value is -1.43. The van der Waals surface area contributed by atoms with Crippen molar-refractivity contribution in [2.24, 2.45) is 11.1 Å². The Balaban J connectivity index is 2.22. The molecule has 1 aliphatic carbocycles. The maximum Gasteiger partial charge on any atom is 0.249 e. The lowest BCUT2D eigenvalue weighted by atomic mass is 9.78. The quantitative estimate of drug-likeness (QED) is 0.557. The van der Waals surface area contributed by atoms with Crippen molar-refractivity contribution in [2.45, 2.75) is 51.5 Å². The van der Waals surface area contributed by atoms with Crippen LogP contribution in [0.5, 0.6) is 0 Å². The third kappa shape index (κ3) is 2.70. The summed E-state index contributed by atoms with van der Waals surface area (Å²) in [6.07, 6.45) is 5.69. The fraction of sp³-hybridized carbons (Fsp3) is 0.786. The number of carbonyl (C=O) groups is 3. The molecule has 0 spiro atoms. The smallest absolute Gasteiger partial charge is 0.249 e. The predicted molar refractivity (Wildman–Crippen MR) is 73.5 cm³/mol. The molecule has 6 nitrogen and oxygen atoms in total. The minimum atomic E-state index is -0.605. The second-order valence-electron chi connectivity index (χ2n) is 5.92. The van der Waals surface area contributed by atoms with Gasteiger partial charge in [-0.05, 0) is 19.8 Å². The van der Waals surface area contributed by atoms with Gasteiger partial charge in [-0.1, -0.05) is 25.7 Å². The lowest BCUT2D eigenvalue weighted by Crippen LogP contribution is -2.62. The van der Waals surface area contributed by atoms with E-state index in [1.54, 1.807) is 6.92 Å². The average Bonchev–Trinajstić information content (AvgIpc) is 2.68. The van der Waals surface area contributed by atoms with Crippen LogP contribution < -0.4 is 11.1 Å². The van der Waals surface area contributed by atoms with Crippen molar-refractivity contribution in [2.75, 3.05) is 13.1 Å². The molecule has 0 aromatic carbocycles. The molecule has 6 heteroatoms. The van der Waals surface area contributed by atoms with Crippen molar-refractivity contribution in [1.29, 1.82) is 0 Å². The maximum absolute atomic E-state index is 12.9. The van der Waals surface area contributed by atoms with Gasteiger partial charge >= 0.3 is 0 Å². The van der Waals surface area contributed by atoms with Crippen molar-refractivity contribution in [3.05, 3.63) is 0 Å². The summed E-state index contributed by atoms with van der Waals surface area (Å²) >= 11 is 0. The highest BCUT2D eigenvalue weighted by molar-refractivity contribution is 6.04. The Morgan fingerprint density at radius 3 is 2.45 bits per heavy atom. The normalized spacial score (nSPS) is 26.9. The Kier molecular flexibility index (Phi) is 4.42. The minimum absolute atomic E-state index is 0.0481. The Morgan fingerprint density at radius 1 is 1.30 bits per heavy atom. The van der Waals surface area contributed by atoms with Gasteiger partial charge in [0.15, 0.2) is 0 Å². The fourth-order valence-corrected chi connectivity index (χ4v) is 3.18. The summed E-state index contributed by atoms with van der Waals surface area (Å²) < 4.78 is 0. The summed E-state index contributed by atoms with van der Waals surface area (Å²) in [5.41, 5.74) is 5.30. The molecule has 1 saturated carbocycles. The summed E-state index contributed by atoms with van der Waals surface area (Å²) in [5.74, 6) is -0.949. The van der Waals surface area contributed by atoms with Crippen LogP contribution in [0.15, 0.2) is 0 Å². The maximum atomic E-state index is 12.9. The largest absolute Gasteiger partial charge is 0.329 e. The van der Waals surface area contributed by atoms with Crippen LogP contribution in [-0.2, 0) is 14.4 Å². The average molecular weight is 281 g/mol. The highest BCUT2D eigenvalue weighted by Crippen LogP contribution is 2.36. The molecule has 2 rings (SSSR count). The van der Waals surface area contributed by atoms with Gasteiger partial charge in [0.25, 0.3) is 0 Å². The van der Waals surface area contributed by atoms with E-state index in [1.807, 2.05) is 0 Å². The molecule has 0 bridgehead atoms. The standard InChI is InChI=1S/C14H23N3O3/c1-10-12(19)16-11(18)8-17(10)13(20)14(9-15)6-4-2-3-5-7-14/h10H,2-9,15H2,1H3,(H,16,18,19). The van der Waals surface area contributed by atoms with E-state index >= 15 is 0 Å². The number of imide groups is 1. The van der Waals surface area contributed by atoms with Crippen LogP contribution in [0.4, 0.5) is 0 Å². The zero-order chi connectivity index (χ0) is 14.8. The molecule has 20 heavy (non-hydrogen) atoms. The van der Waals surface area contributed by atoms with Crippen LogP contribution in [0.3, 0.4) is 0 Å². The first-order chi connectivity index (χ1) is 9.50. The summed E-state index contributed by atoms with van der Waals surface area (Å²) in [7, 11) is 0. The second kappa shape index (κ2) is 5.91. The van der Waals surface area contributed by atoms with Gasteiger partial charge in [0, 0.05) is 6.54 Å². The molecule has 3 amide bonds. The first-order valence-corrected chi connectivity index (χ1v) is 7.35. The van der Waals surface area contributed by atoms with Gasteiger partial charge in [-0.3, -0.25) is 19.7 Å². The zero-order valence-electron chi connectivity index (χ0n) is 12.0. The Morgan fingerprint density at radius 2 is 1.90 bits per heavy atom. The van der Waals surface area contributed by atoms with Crippen LogP contribution in [0, 0.1) is 5.41 Å². The monoisotopic (exact) mass is 281 g/mol. The van der Waals surface area contributed by atoms with Crippen LogP contribution >= 0.6 is 0 Å². The highest BCUT2D eigenvalue weighted by Gasteiger charge is 2.44. The Labute approximate surface area is 119 Å². The fourth-order valence-electron chi connectivity index (χ4n) is 3.18. The van der Waals surface area contributed by atoms with E-state index in [0.717, 1.165) is 38.5 Å². The third-order valence-electron chi connectivity index (χ3n) is 4.59. The van der Waals surface area contributed by atoms with Crippen LogP contribution in [-0.4, -0.2) is 41.8 Å². The van der Waals surface area contributed by atoms with Crippen molar-refractivity contribution in [3.8, 4) is 0 Å². The Bertz CT molecular complexity index is 414. The van der Waals surface area contributed by atoms with Crippen LogP contribution in [0.1, 0.15) is 45.4 Å². The SMILES string of the molecule is CC1C(=O)NC(=O)CN1C(=O)C1(CN)CCCCCC1. The predicted octanol–water partition coefficient (Wildman–Crippen LogP) is 0.159. The summed E-state index contributed by atoms with van der Waals surface area (Å²) in [6.45, 7) is 1.89. The van der Waals surface area contributed by atoms with Crippen molar-refractivity contribution in [3.63, 3.8) is 0 Å². The van der Waals surface area contributed by atoms with E-state index in [-0.39, 0.29) is 19.0 Å². The number of hydrogen-bond donors (Lipinski definition) is 2. The summed E-state index contributed by atoms with van der Waals surface area (Å²) in [4.78, 5) is 37.5. The number of carbonyl (C=O) groups excluding carboxylic acids is 3. The topological polar surface area (TPSA) is 92.5 Å². The lowest BCUT2D eigenvalue weighted by Gasteiger charge is -2.39. The van der Waals surface area contributed by atoms with Gasteiger partial charge < -0.3 is 10.6 Å². The number of nitrogens with zero attached hydrogens (tertiary/aromatic N) is 1. The van der Waals surface area contributed by atoms with Gasteiger partial charge in [0.05, 0.1) is 5.41 Å². The molecule has 1 unspecified atom stereocenters. The summed E-state index contributed by atoms with van der Waals surface area (Å²) in [5, 5.41) is 2.26. The highest BCUT2D eigenvalue weighted by atomic mass is 16.2. The van der Waals surface area contributed by atoms with E-state index in [4.69, 9.17) is 5.73 Å². The number of hydrogen-bond acceptors (Lipinski definition) is 4. The minimum Gasteiger partial charge on any atom is -0.329 e. The van der Waals surface area contributed by atoms with Crippen molar-refractivity contribution >= 4 is 17.7 Å². The van der Waals surface area contributed by atoms with Gasteiger partial charge in [0.2, 0.25) is 17.7 Å². The van der Waals surface area contributed by atoms with Gasteiger partial charge in [-0.2, -0.15) is 0 Å². The number of nitrogens with two attached hydrogens (primary N) is 1. The molecule has 2 fully saturated rings. The molecule has 0 aromatic rings. The first-order valence-electron chi connectivity index (χ1n) is 7.35. The van der Waals surface area contributed by atoms with Crippen molar-refractivity contribution < 1.29 is 14.4 Å². The van der Waals surface area contributed by atoms with E-state index in [9.17, 15) is 14.4 Å². The first kappa shape index (κ1) is 15.0. The van der Waals surface area contributed by atoms with Crippen LogP contribution in [0.25, 0.3) is 0 Å². The molecule has 1 aliphatic heterocycles. The van der Waals surface area contributed by atoms with E-state index in [0.29, 0.717) is 0 Å². The number of nitrogens with one attached hydrogen (secondary N) is 1. The van der Waals surface area contributed by atoms with E-state index in [1.165, 1.54) is 4.90 Å². The third-order valence-corrected chi connectivity index (χ3v) is 4.59. The molecule has 112 valence electrons. The van der Waals surface area contributed by atoms with Gasteiger partial charge in [0.1, 0.15) is 12.6 Å². The molecular formula is C14H23N3O3. The number of piperazine rings is 1.